The van der Waals surface area contributed by atoms with Gasteiger partial charge in [-0.1, -0.05) is 0 Å². The summed E-state index contributed by atoms with van der Waals surface area (Å²) in [6, 6.07) is 0. The smallest absolute Gasteiger partial charge is 0.694 e. The molecule has 0 radical (unpaired) electrons. The van der Waals surface area contributed by atoms with Gasteiger partial charge in [-0.25, -0.2) is 13.2 Å². The van der Waals surface area contributed by atoms with E-state index in [2.05, 4.69) is 35.2 Å². The summed E-state index contributed by atoms with van der Waals surface area (Å²) < 4.78 is 8.94. The Kier molecular flexibility index (Phi) is 57.5. The molecular weight excluding hydrogens is 199 g/mol. The molecule has 0 bridgehead atoms. The molecule has 0 saturated heterocycles. The molecule has 4 heteroatoms. The summed E-state index contributed by atoms with van der Waals surface area (Å²) >= 11 is 0. The van der Waals surface area contributed by atoms with Crippen LogP contribution in [0, 0.1) is 12.5 Å². The molecule has 70 valence electrons. The van der Waals surface area contributed by atoms with Crippen LogP contribution in [-0.2, 0) is 26.5 Å². The first-order chi connectivity index (χ1) is 4.83. The third-order valence-corrected chi connectivity index (χ3v) is 0.493. The fourth-order valence-electron chi connectivity index (χ4n) is 0.204. The first-order valence-electron chi connectivity index (χ1n) is 3.11. The van der Waals surface area contributed by atoms with Crippen LogP contribution in [-0.4, -0.2) is 13.2 Å². The van der Waals surface area contributed by atoms with E-state index >= 15 is 0 Å². The number of hydrogen-bond acceptors (Lipinski definition) is 2. The Hall–Kier alpha value is 0.197. The Morgan fingerprint density at radius 2 is 1.25 bits per heavy atom. The largest absolute Gasteiger partial charge is 1.00 e. The summed E-state index contributed by atoms with van der Waals surface area (Å²) in [7, 11) is 0. The maximum atomic E-state index is 4.47. The number of ether oxygens (including phenoxy) is 2. The summed E-state index contributed by atoms with van der Waals surface area (Å²) in [6.45, 7) is 11.5. The van der Waals surface area contributed by atoms with Crippen molar-refractivity contribution in [2.24, 2.45) is 0 Å². The quantitative estimate of drug-likeness (QED) is 0.336. The molecule has 0 atom stereocenters. The Balaban J connectivity index is -0.0000000457. The average Bonchev–Trinajstić information content (AvgIpc) is 1.93. The molecule has 0 fully saturated rings. The van der Waals surface area contributed by atoms with Crippen LogP contribution in [0.15, 0.2) is 13.2 Å². The zero-order chi connectivity index (χ0) is 8.24. The molecule has 12 heavy (non-hydrogen) atoms. The van der Waals surface area contributed by atoms with E-state index in [9.17, 15) is 0 Å². The van der Waals surface area contributed by atoms with Crippen molar-refractivity contribution in [3.8, 4) is 0 Å². The van der Waals surface area contributed by atoms with E-state index in [0.717, 1.165) is 0 Å². The fourth-order valence-corrected chi connectivity index (χ4v) is 0.204. The molecule has 0 aromatic carbocycles. The van der Waals surface area contributed by atoms with Crippen molar-refractivity contribution in [3.63, 3.8) is 0 Å². The minimum absolute atomic E-state index is 0. The summed E-state index contributed by atoms with van der Waals surface area (Å²) in [6.07, 6.45) is 4.53. The Morgan fingerprint density at radius 1 is 1.00 bits per heavy atom. The van der Waals surface area contributed by atoms with E-state index < -0.39 is 0 Å². The third kappa shape index (κ3) is 49.0. The predicted octanol–water partition coefficient (Wildman–Crippen LogP) is -1.06. The predicted molar refractivity (Wildman–Crippen MR) is 41.0 cm³/mol. The SMILES string of the molecule is C=[C-]OCC.C=[C-]OCC.[Cu+].[Li+]. The number of rotatable bonds is 4. The molecule has 0 aromatic rings. The van der Waals surface area contributed by atoms with Gasteiger partial charge in [0.2, 0.25) is 0 Å². The number of hydrogen-bond donors (Lipinski definition) is 0. The van der Waals surface area contributed by atoms with Gasteiger partial charge in [-0.05, 0) is 13.8 Å². The summed E-state index contributed by atoms with van der Waals surface area (Å²) in [5, 5.41) is 0. The second kappa shape index (κ2) is 30.3. The van der Waals surface area contributed by atoms with Crippen molar-refractivity contribution in [1.29, 1.82) is 0 Å². The molecule has 0 heterocycles. The molecule has 0 N–H and O–H groups in total. The van der Waals surface area contributed by atoms with Crippen LogP contribution in [0.2, 0.25) is 0 Å². The molecule has 0 aliphatic carbocycles. The molecule has 0 rings (SSSR count). The minimum atomic E-state index is 0. The van der Waals surface area contributed by atoms with Gasteiger partial charge < -0.3 is 22.0 Å². The maximum Gasteiger partial charge on any atom is 1.00 e. The van der Waals surface area contributed by atoms with Gasteiger partial charge in [0, 0.05) is 13.2 Å². The van der Waals surface area contributed by atoms with Crippen molar-refractivity contribution < 1.29 is 45.4 Å². The topological polar surface area (TPSA) is 18.5 Å². The van der Waals surface area contributed by atoms with Gasteiger partial charge in [0.1, 0.15) is 0 Å². The van der Waals surface area contributed by atoms with Gasteiger partial charge in [-0.3, -0.25) is 0 Å². The van der Waals surface area contributed by atoms with Crippen LogP contribution in [0.5, 0.6) is 0 Å². The first kappa shape index (κ1) is 22.8. The minimum Gasteiger partial charge on any atom is -0.694 e. The fraction of sp³-hybridized carbons (Fsp3) is 0.500. The molecule has 0 spiro atoms. The molecule has 2 nitrogen and oxygen atoms in total. The Morgan fingerprint density at radius 3 is 1.25 bits per heavy atom. The van der Waals surface area contributed by atoms with Crippen molar-refractivity contribution in [1.82, 2.24) is 0 Å². The van der Waals surface area contributed by atoms with E-state index in [1.165, 1.54) is 0 Å². The normalized spacial score (nSPS) is 5.50. The van der Waals surface area contributed by atoms with Gasteiger partial charge in [-0.15, -0.1) is 0 Å². The van der Waals surface area contributed by atoms with Crippen molar-refractivity contribution in [2.45, 2.75) is 13.8 Å². The molecule has 0 saturated carbocycles. The van der Waals surface area contributed by atoms with Crippen molar-refractivity contribution in [3.05, 3.63) is 25.7 Å². The summed E-state index contributed by atoms with van der Waals surface area (Å²) in [5.74, 6) is 0. The standard InChI is InChI=1S/2C4H7O.Cu.Li/c2*1-3-5-4-2;;/h2*1,4H2,2H3;;/q2*-1;2*+1. The van der Waals surface area contributed by atoms with Crippen LogP contribution >= 0.6 is 0 Å². The molecule has 0 aliphatic rings. The molecule has 0 amide bonds. The summed E-state index contributed by atoms with van der Waals surface area (Å²) in [4.78, 5) is 0. The maximum absolute atomic E-state index is 4.47. The van der Waals surface area contributed by atoms with Crippen molar-refractivity contribution in [2.75, 3.05) is 13.2 Å². The van der Waals surface area contributed by atoms with Crippen LogP contribution in [0.4, 0.5) is 0 Å². The second-order valence-corrected chi connectivity index (χ2v) is 1.15. The van der Waals surface area contributed by atoms with Gasteiger partial charge in [0.25, 0.3) is 0 Å². The van der Waals surface area contributed by atoms with Crippen LogP contribution in [0.25, 0.3) is 0 Å². The monoisotopic (exact) mass is 212 g/mol. The zero-order valence-electron chi connectivity index (χ0n) is 7.95. The second-order valence-electron chi connectivity index (χ2n) is 1.15. The molecule has 0 aliphatic heterocycles. The van der Waals surface area contributed by atoms with Crippen LogP contribution in [0.1, 0.15) is 13.8 Å². The Labute approximate surface area is 98.0 Å². The average molecular weight is 213 g/mol. The van der Waals surface area contributed by atoms with Gasteiger partial charge >= 0.3 is 35.9 Å². The molecular formula is C8H14CuLiO2. The van der Waals surface area contributed by atoms with Crippen LogP contribution < -0.4 is 18.9 Å². The Bertz CT molecular complexity index is 69.5. The van der Waals surface area contributed by atoms with Gasteiger partial charge in [0.15, 0.2) is 0 Å². The van der Waals surface area contributed by atoms with E-state index in [1.54, 1.807) is 0 Å². The van der Waals surface area contributed by atoms with E-state index in [1.807, 2.05) is 13.8 Å². The van der Waals surface area contributed by atoms with Gasteiger partial charge in [0.05, 0.1) is 0 Å². The molecule has 0 aromatic heterocycles. The third-order valence-electron chi connectivity index (χ3n) is 0.493. The van der Waals surface area contributed by atoms with E-state index in [0.29, 0.717) is 13.2 Å². The zero-order valence-corrected chi connectivity index (χ0v) is 8.89. The van der Waals surface area contributed by atoms with Gasteiger partial charge in [-0.2, -0.15) is 0 Å². The van der Waals surface area contributed by atoms with Crippen LogP contribution in [0.3, 0.4) is 0 Å². The first-order valence-corrected chi connectivity index (χ1v) is 3.11. The molecule has 0 unspecified atom stereocenters. The van der Waals surface area contributed by atoms with Crippen molar-refractivity contribution >= 4 is 0 Å². The van der Waals surface area contributed by atoms with E-state index in [4.69, 9.17) is 0 Å². The van der Waals surface area contributed by atoms with E-state index in [-0.39, 0.29) is 35.9 Å². The summed E-state index contributed by atoms with van der Waals surface area (Å²) in [5.41, 5.74) is 0.